The van der Waals surface area contributed by atoms with Gasteiger partial charge in [-0.2, -0.15) is 0 Å². The van der Waals surface area contributed by atoms with Gasteiger partial charge in [0.25, 0.3) is 0 Å². The predicted octanol–water partition coefficient (Wildman–Crippen LogP) is 7.45. The summed E-state index contributed by atoms with van der Waals surface area (Å²) in [6.45, 7) is 7.95. The average molecular weight is 498 g/mol. The second-order valence-electron chi connectivity index (χ2n) is 9.33. The highest BCUT2D eigenvalue weighted by atomic mass is 16.5. The van der Waals surface area contributed by atoms with E-state index in [1.165, 1.54) is 5.69 Å². The first-order valence-corrected chi connectivity index (χ1v) is 13.3. The van der Waals surface area contributed by atoms with Crippen LogP contribution in [0.25, 0.3) is 22.6 Å². The number of methoxy groups -OCH3 is 2. The fourth-order valence-electron chi connectivity index (χ4n) is 4.90. The monoisotopic (exact) mass is 497 g/mol. The number of unbranched alkanes of at least 4 members (excludes halogenated alkanes) is 1. The highest BCUT2D eigenvalue weighted by molar-refractivity contribution is 5.68. The number of rotatable bonds is 13. The molecule has 0 atom stereocenters. The van der Waals surface area contributed by atoms with Crippen molar-refractivity contribution < 1.29 is 9.47 Å². The van der Waals surface area contributed by atoms with Crippen molar-refractivity contribution in [2.45, 2.75) is 52.7 Å². The summed E-state index contributed by atoms with van der Waals surface area (Å²) < 4.78 is 13.8. The van der Waals surface area contributed by atoms with Gasteiger partial charge in [0.2, 0.25) is 0 Å². The van der Waals surface area contributed by atoms with Crippen molar-refractivity contribution in [2.75, 3.05) is 20.8 Å². The van der Waals surface area contributed by atoms with Gasteiger partial charge in [0.1, 0.15) is 5.82 Å². The Balaban J connectivity index is 1.80. The second-order valence-corrected chi connectivity index (χ2v) is 9.33. The number of benzene rings is 3. The van der Waals surface area contributed by atoms with Gasteiger partial charge in [0, 0.05) is 36.3 Å². The van der Waals surface area contributed by atoms with Crippen LogP contribution in [0.1, 0.15) is 44.4 Å². The van der Waals surface area contributed by atoms with Gasteiger partial charge in [0.15, 0.2) is 11.5 Å². The van der Waals surface area contributed by atoms with Gasteiger partial charge >= 0.3 is 0 Å². The maximum Gasteiger partial charge on any atom is 0.165 e. The molecule has 0 bridgehead atoms. The van der Waals surface area contributed by atoms with Crippen molar-refractivity contribution in [1.82, 2.24) is 14.5 Å². The molecule has 1 heterocycles. The molecule has 0 aliphatic heterocycles. The van der Waals surface area contributed by atoms with Gasteiger partial charge in [-0.3, -0.25) is 4.90 Å². The average Bonchev–Trinajstić information content (AvgIpc) is 3.30. The van der Waals surface area contributed by atoms with Gasteiger partial charge in [-0.15, -0.1) is 0 Å². The number of hydrogen-bond acceptors (Lipinski definition) is 4. The van der Waals surface area contributed by atoms with Gasteiger partial charge < -0.3 is 14.0 Å². The standard InChI is InChI=1S/C32H39N3O2/c1-5-7-22-35-28(24-34(21-6-2)23-27-19-14-20-29(36-3)31(27)37-4)30(25-15-10-8-11-16-25)33-32(35)26-17-12-9-13-18-26/h8-20H,5-7,21-24H2,1-4H3. The Morgan fingerprint density at radius 2 is 1.46 bits per heavy atom. The fraction of sp³-hybridized carbons (Fsp3) is 0.344. The quantitative estimate of drug-likeness (QED) is 0.192. The summed E-state index contributed by atoms with van der Waals surface area (Å²) in [5, 5.41) is 0. The summed E-state index contributed by atoms with van der Waals surface area (Å²) in [4.78, 5) is 7.77. The molecule has 0 saturated carbocycles. The zero-order valence-corrected chi connectivity index (χ0v) is 22.6. The third kappa shape index (κ3) is 6.23. The van der Waals surface area contributed by atoms with Crippen molar-refractivity contribution in [1.29, 1.82) is 0 Å². The molecule has 0 spiro atoms. The van der Waals surface area contributed by atoms with Gasteiger partial charge in [0.05, 0.1) is 25.6 Å². The lowest BCUT2D eigenvalue weighted by atomic mass is 10.1. The predicted molar refractivity (Wildman–Crippen MR) is 152 cm³/mol. The third-order valence-corrected chi connectivity index (χ3v) is 6.68. The number of imidazole rings is 1. The molecule has 0 unspecified atom stereocenters. The molecule has 1 aromatic heterocycles. The number of aromatic nitrogens is 2. The maximum absolute atomic E-state index is 5.76. The number of hydrogen-bond donors (Lipinski definition) is 0. The van der Waals surface area contributed by atoms with Gasteiger partial charge in [-0.1, -0.05) is 93.1 Å². The summed E-state index contributed by atoms with van der Waals surface area (Å²) in [6, 6.07) is 27.3. The van der Waals surface area contributed by atoms with Crippen LogP contribution < -0.4 is 9.47 Å². The van der Waals surface area contributed by atoms with Crippen LogP contribution in [0.5, 0.6) is 11.5 Å². The molecular weight excluding hydrogens is 458 g/mol. The Morgan fingerprint density at radius 1 is 0.757 bits per heavy atom. The van der Waals surface area contributed by atoms with Gasteiger partial charge in [-0.05, 0) is 25.5 Å². The number of nitrogens with zero attached hydrogens (tertiary/aromatic N) is 3. The van der Waals surface area contributed by atoms with E-state index in [-0.39, 0.29) is 0 Å². The summed E-state index contributed by atoms with van der Waals surface area (Å²) in [5.74, 6) is 2.61. The van der Waals surface area contributed by atoms with E-state index in [0.717, 1.165) is 85.1 Å². The zero-order chi connectivity index (χ0) is 26.0. The molecule has 0 saturated heterocycles. The molecule has 194 valence electrons. The first-order valence-electron chi connectivity index (χ1n) is 13.3. The van der Waals surface area contributed by atoms with E-state index in [9.17, 15) is 0 Å². The lowest BCUT2D eigenvalue weighted by Gasteiger charge is -2.25. The Morgan fingerprint density at radius 3 is 2.08 bits per heavy atom. The molecule has 0 aliphatic carbocycles. The van der Waals surface area contributed by atoms with Gasteiger partial charge in [-0.25, -0.2) is 4.98 Å². The fourth-order valence-corrected chi connectivity index (χ4v) is 4.90. The van der Waals surface area contributed by atoms with E-state index in [1.807, 2.05) is 12.1 Å². The van der Waals surface area contributed by atoms with Crippen LogP contribution in [0.15, 0.2) is 78.9 Å². The summed E-state index contributed by atoms with van der Waals surface area (Å²) >= 11 is 0. The van der Waals surface area contributed by atoms with Crippen molar-refractivity contribution >= 4 is 0 Å². The molecule has 4 aromatic rings. The Hall–Kier alpha value is -3.57. The summed E-state index contributed by atoms with van der Waals surface area (Å²) in [6.07, 6.45) is 3.29. The van der Waals surface area contributed by atoms with Crippen LogP contribution >= 0.6 is 0 Å². The Kier molecular flexibility index (Phi) is 9.39. The topological polar surface area (TPSA) is 39.5 Å². The van der Waals surface area contributed by atoms with Crippen LogP contribution in [-0.4, -0.2) is 35.2 Å². The Bertz CT molecular complexity index is 1250. The largest absolute Gasteiger partial charge is 0.493 e. The molecule has 5 heteroatoms. The minimum Gasteiger partial charge on any atom is -0.493 e. The van der Waals surface area contributed by atoms with E-state index in [4.69, 9.17) is 14.5 Å². The van der Waals surface area contributed by atoms with Crippen molar-refractivity contribution in [2.24, 2.45) is 0 Å². The van der Waals surface area contributed by atoms with Crippen LogP contribution in [0.3, 0.4) is 0 Å². The molecule has 0 amide bonds. The summed E-state index contributed by atoms with van der Waals surface area (Å²) in [7, 11) is 3.40. The maximum atomic E-state index is 5.76. The lowest BCUT2D eigenvalue weighted by Crippen LogP contribution is -2.26. The SMILES string of the molecule is CCCCn1c(-c2ccccc2)nc(-c2ccccc2)c1CN(CCC)Cc1cccc(OC)c1OC. The molecule has 0 fully saturated rings. The highest BCUT2D eigenvalue weighted by Crippen LogP contribution is 2.34. The third-order valence-electron chi connectivity index (χ3n) is 6.68. The minimum atomic E-state index is 0.765. The molecule has 0 radical (unpaired) electrons. The van der Waals surface area contributed by atoms with E-state index >= 15 is 0 Å². The van der Waals surface area contributed by atoms with Crippen LogP contribution in [0.2, 0.25) is 0 Å². The van der Waals surface area contributed by atoms with E-state index < -0.39 is 0 Å². The number of para-hydroxylation sites is 1. The van der Waals surface area contributed by atoms with Crippen LogP contribution in [-0.2, 0) is 19.6 Å². The minimum absolute atomic E-state index is 0.765. The molecule has 5 nitrogen and oxygen atoms in total. The smallest absolute Gasteiger partial charge is 0.165 e. The second kappa shape index (κ2) is 13.1. The van der Waals surface area contributed by atoms with Crippen LogP contribution in [0, 0.1) is 0 Å². The molecule has 37 heavy (non-hydrogen) atoms. The zero-order valence-electron chi connectivity index (χ0n) is 22.6. The molecule has 0 aliphatic rings. The normalized spacial score (nSPS) is 11.2. The van der Waals surface area contributed by atoms with Crippen molar-refractivity contribution in [3.05, 3.63) is 90.1 Å². The lowest BCUT2D eigenvalue weighted by molar-refractivity contribution is 0.245. The Labute approximate surface area is 221 Å². The van der Waals surface area contributed by atoms with Crippen molar-refractivity contribution in [3.8, 4) is 34.1 Å². The first-order chi connectivity index (χ1) is 18.2. The van der Waals surface area contributed by atoms with E-state index in [2.05, 4.69) is 90.0 Å². The summed E-state index contributed by atoms with van der Waals surface area (Å²) in [5.41, 5.74) is 5.75. The molecular formula is C32H39N3O2. The van der Waals surface area contributed by atoms with E-state index in [1.54, 1.807) is 14.2 Å². The van der Waals surface area contributed by atoms with E-state index in [0.29, 0.717) is 0 Å². The highest BCUT2D eigenvalue weighted by Gasteiger charge is 2.22. The molecule has 4 rings (SSSR count). The number of ether oxygens (including phenoxy) is 2. The van der Waals surface area contributed by atoms with Crippen molar-refractivity contribution in [3.63, 3.8) is 0 Å². The first kappa shape index (κ1) is 26.5. The molecule has 3 aromatic carbocycles. The molecule has 0 N–H and O–H groups in total. The van der Waals surface area contributed by atoms with Crippen LogP contribution in [0.4, 0.5) is 0 Å².